The molecule has 1 amide bonds. The second-order valence-electron chi connectivity index (χ2n) is 8.69. The molecule has 4 rings (SSSR count). The molecule has 2 aromatic rings. The number of para-hydroxylation sites is 1. The molecule has 1 heterocycles. The lowest BCUT2D eigenvalue weighted by Gasteiger charge is -2.38. The first-order valence-corrected chi connectivity index (χ1v) is 10.1. The van der Waals surface area contributed by atoms with Gasteiger partial charge in [0.25, 0.3) is 5.91 Å². The average molecular weight is 403 g/mol. The number of anilines is 1. The second-order valence-corrected chi connectivity index (χ2v) is 8.69. The van der Waals surface area contributed by atoms with Gasteiger partial charge in [-0.1, -0.05) is 44.2 Å². The molecule has 0 saturated carbocycles. The van der Waals surface area contributed by atoms with E-state index in [4.69, 9.17) is 4.74 Å². The van der Waals surface area contributed by atoms with E-state index in [-0.39, 0.29) is 22.9 Å². The number of phenolic OH excluding ortho intramolecular Hbond substituents is 1. The smallest absolute Gasteiger partial charge is 0.255 e. The van der Waals surface area contributed by atoms with Crippen molar-refractivity contribution in [2.45, 2.75) is 39.5 Å². The lowest BCUT2D eigenvalue weighted by Crippen LogP contribution is -2.34. The molecular formula is C25H25NO4. The van der Waals surface area contributed by atoms with Crippen molar-refractivity contribution in [1.82, 2.24) is 0 Å². The van der Waals surface area contributed by atoms with Crippen LogP contribution in [0.15, 0.2) is 77.3 Å². The lowest BCUT2D eigenvalue weighted by atomic mass is 9.69. The van der Waals surface area contributed by atoms with Gasteiger partial charge in [0.1, 0.15) is 17.3 Å². The normalized spacial score (nSPS) is 20.5. The zero-order valence-electron chi connectivity index (χ0n) is 17.4. The third-order valence-electron chi connectivity index (χ3n) is 5.61. The van der Waals surface area contributed by atoms with Crippen molar-refractivity contribution < 1.29 is 19.4 Å². The van der Waals surface area contributed by atoms with Crippen molar-refractivity contribution in [1.29, 1.82) is 0 Å². The number of carbonyl (C=O) groups excluding carboxylic acids is 2. The number of phenols is 1. The maximum absolute atomic E-state index is 13.3. The summed E-state index contributed by atoms with van der Waals surface area (Å²) in [5.41, 5.74) is 2.21. The summed E-state index contributed by atoms with van der Waals surface area (Å²) in [5.74, 6) is 0.417. The van der Waals surface area contributed by atoms with Crippen LogP contribution in [0.2, 0.25) is 0 Å². The maximum Gasteiger partial charge on any atom is 0.255 e. The Morgan fingerprint density at radius 1 is 1.07 bits per heavy atom. The number of amides is 1. The number of rotatable bonds is 3. The van der Waals surface area contributed by atoms with Crippen molar-refractivity contribution in [3.8, 4) is 5.75 Å². The summed E-state index contributed by atoms with van der Waals surface area (Å²) in [4.78, 5) is 26.5. The van der Waals surface area contributed by atoms with Gasteiger partial charge in [0.15, 0.2) is 5.78 Å². The Labute approximate surface area is 176 Å². The number of Topliss-reactive ketones (excluding diaryl/α,β-unsaturated/α-hetero) is 1. The fourth-order valence-corrected chi connectivity index (χ4v) is 4.29. The number of benzene rings is 2. The fraction of sp³-hybridized carbons (Fsp3) is 0.280. The van der Waals surface area contributed by atoms with Gasteiger partial charge in [0.2, 0.25) is 0 Å². The quantitative estimate of drug-likeness (QED) is 0.751. The van der Waals surface area contributed by atoms with Crippen LogP contribution in [0.1, 0.15) is 45.1 Å². The minimum Gasteiger partial charge on any atom is -0.508 e. The Hall–Kier alpha value is -3.34. The van der Waals surface area contributed by atoms with Gasteiger partial charge >= 0.3 is 0 Å². The number of ether oxygens (including phenoxy) is 1. The van der Waals surface area contributed by atoms with E-state index in [0.717, 1.165) is 5.56 Å². The monoisotopic (exact) mass is 403 g/mol. The molecule has 2 aromatic carbocycles. The van der Waals surface area contributed by atoms with E-state index in [1.165, 1.54) is 0 Å². The van der Waals surface area contributed by atoms with Crippen molar-refractivity contribution in [2.75, 3.05) is 5.32 Å². The van der Waals surface area contributed by atoms with Gasteiger partial charge in [-0.3, -0.25) is 9.59 Å². The van der Waals surface area contributed by atoms with Gasteiger partial charge in [-0.25, -0.2) is 0 Å². The first kappa shape index (κ1) is 20.0. The molecule has 0 saturated heterocycles. The Bertz CT molecular complexity index is 1060. The minimum absolute atomic E-state index is 0.00293. The Kier molecular flexibility index (Phi) is 4.98. The molecular weight excluding hydrogens is 378 g/mol. The number of carbonyl (C=O) groups is 2. The summed E-state index contributed by atoms with van der Waals surface area (Å²) < 4.78 is 6.07. The van der Waals surface area contributed by atoms with E-state index in [1.807, 2.05) is 44.2 Å². The van der Waals surface area contributed by atoms with Crippen molar-refractivity contribution in [3.63, 3.8) is 0 Å². The summed E-state index contributed by atoms with van der Waals surface area (Å²) in [5, 5.41) is 12.7. The maximum atomic E-state index is 13.3. The molecule has 2 aliphatic rings. The van der Waals surface area contributed by atoms with Crippen LogP contribution in [0.5, 0.6) is 5.75 Å². The molecule has 30 heavy (non-hydrogen) atoms. The van der Waals surface area contributed by atoms with Gasteiger partial charge < -0.3 is 15.2 Å². The molecule has 1 aliphatic carbocycles. The van der Waals surface area contributed by atoms with Crippen LogP contribution in [0.4, 0.5) is 5.69 Å². The standard InChI is InChI=1S/C25H25NO4/c1-15-21(24(29)26-17-7-5-4-6-8-17)22(16-9-11-18(27)12-10-16)23-19(28)13-25(2,3)14-20(23)30-15/h4-12,22,27H,13-14H2,1-3H3,(H,26,29). The van der Waals surface area contributed by atoms with Crippen LogP contribution in [-0.4, -0.2) is 16.8 Å². The van der Waals surface area contributed by atoms with Gasteiger partial charge in [-0.05, 0) is 42.2 Å². The zero-order chi connectivity index (χ0) is 21.5. The number of aromatic hydroxyl groups is 1. The number of nitrogens with one attached hydrogen (secondary N) is 1. The summed E-state index contributed by atoms with van der Waals surface area (Å²) in [6.45, 7) is 5.86. The number of hydrogen-bond donors (Lipinski definition) is 2. The van der Waals surface area contributed by atoms with Crippen LogP contribution in [0.25, 0.3) is 0 Å². The molecule has 1 aliphatic heterocycles. The van der Waals surface area contributed by atoms with E-state index in [1.54, 1.807) is 31.2 Å². The molecule has 2 N–H and O–H groups in total. The molecule has 1 atom stereocenters. The van der Waals surface area contributed by atoms with E-state index < -0.39 is 5.92 Å². The summed E-state index contributed by atoms with van der Waals surface area (Å²) in [7, 11) is 0. The lowest BCUT2D eigenvalue weighted by molar-refractivity contribution is -0.119. The third kappa shape index (κ3) is 3.75. The van der Waals surface area contributed by atoms with Crippen LogP contribution in [0, 0.1) is 5.41 Å². The van der Waals surface area contributed by atoms with Crippen LogP contribution in [0.3, 0.4) is 0 Å². The zero-order valence-corrected chi connectivity index (χ0v) is 17.4. The largest absolute Gasteiger partial charge is 0.508 e. The first-order valence-electron chi connectivity index (χ1n) is 10.1. The second kappa shape index (κ2) is 7.48. The van der Waals surface area contributed by atoms with Crippen molar-refractivity contribution >= 4 is 17.4 Å². The Morgan fingerprint density at radius 3 is 2.40 bits per heavy atom. The average Bonchev–Trinajstić information content (AvgIpc) is 2.67. The van der Waals surface area contributed by atoms with E-state index in [9.17, 15) is 14.7 Å². The SMILES string of the molecule is CC1=C(C(=O)Nc2ccccc2)C(c2ccc(O)cc2)C2=C(CC(C)(C)CC2=O)O1. The van der Waals surface area contributed by atoms with Gasteiger partial charge in [-0.15, -0.1) is 0 Å². The van der Waals surface area contributed by atoms with Gasteiger partial charge in [0.05, 0.1) is 5.57 Å². The first-order chi connectivity index (χ1) is 14.2. The fourth-order valence-electron chi connectivity index (χ4n) is 4.29. The van der Waals surface area contributed by atoms with E-state index in [0.29, 0.717) is 41.2 Å². The van der Waals surface area contributed by atoms with Gasteiger partial charge in [-0.2, -0.15) is 0 Å². The van der Waals surface area contributed by atoms with Crippen LogP contribution >= 0.6 is 0 Å². The molecule has 0 bridgehead atoms. The molecule has 0 fully saturated rings. The van der Waals surface area contributed by atoms with Crippen molar-refractivity contribution in [2.24, 2.45) is 5.41 Å². The predicted octanol–water partition coefficient (Wildman–Crippen LogP) is 5.06. The Morgan fingerprint density at radius 2 is 1.73 bits per heavy atom. The van der Waals surface area contributed by atoms with Crippen LogP contribution < -0.4 is 5.32 Å². The number of allylic oxidation sites excluding steroid dienone is 3. The number of hydrogen-bond acceptors (Lipinski definition) is 4. The summed E-state index contributed by atoms with van der Waals surface area (Å²) in [6.07, 6.45) is 1.03. The molecule has 0 spiro atoms. The van der Waals surface area contributed by atoms with Crippen LogP contribution in [-0.2, 0) is 14.3 Å². The van der Waals surface area contributed by atoms with E-state index in [2.05, 4.69) is 5.32 Å². The van der Waals surface area contributed by atoms with E-state index >= 15 is 0 Å². The van der Waals surface area contributed by atoms with Crippen molar-refractivity contribution in [3.05, 3.63) is 82.8 Å². The summed E-state index contributed by atoms with van der Waals surface area (Å²) >= 11 is 0. The third-order valence-corrected chi connectivity index (χ3v) is 5.61. The molecule has 5 heteroatoms. The summed E-state index contributed by atoms with van der Waals surface area (Å²) in [6, 6.07) is 15.9. The molecule has 154 valence electrons. The Balaban J connectivity index is 1.81. The highest BCUT2D eigenvalue weighted by Crippen LogP contribution is 2.49. The molecule has 1 unspecified atom stereocenters. The highest BCUT2D eigenvalue weighted by atomic mass is 16.5. The molecule has 5 nitrogen and oxygen atoms in total. The predicted molar refractivity (Wildman–Crippen MR) is 115 cm³/mol. The minimum atomic E-state index is -0.540. The molecule has 0 radical (unpaired) electrons. The van der Waals surface area contributed by atoms with Gasteiger partial charge in [0, 0.05) is 30.0 Å². The topological polar surface area (TPSA) is 75.6 Å². The highest BCUT2D eigenvalue weighted by molar-refractivity contribution is 6.09. The molecule has 0 aromatic heterocycles. The highest BCUT2D eigenvalue weighted by Gasteiger charge is 2.44. The number of ketones is 1.